The molecular weight excluding hydrogens is 347 g/mol. The van der Waals surface area contributed by atoms with Gasteiger partial charge in [0.2, 0.25) is 0 Å². The summed E-state index contributed by atoms with van der Waals surface area (Å²) < 4.78 is 0. The Bertz CT molecular complexity index is 705. The summed E-state index contributed by atoms with van der Waals surface area (Å²) in [5.74, 6) is 0.264. The number of nitrogens with zero attached hydrogens (tertiary/aromatic N) is 1. The number of halogens is 2. The van der Waals surface area contributed by atoms with E-state index in [0.717, 1.165) is 11.1 Å². The van der Waals surface area contributed by atoms with Crippen LogP contribution >= 0.6 is 23.2 Å². The predicted molar refractivity (Wildman–Crippen MR) is 101 cm³/mol. The third-order valence-electron chi connectivity index (χ3n) is 3.27. The first-order chi connectivity index (χ1) is 11.3. The first-order valence-corrected chi connectivity index (χ1v) is 8.08. The minimum absolute atomic E-state index is 0.280. The molecule has 0 saturated carbocycles. The lowest BCUT2D eigenvalue weighted by Crippen LogP contribution is -2.37. The summed E-state index contributed by atoms with van der Waals surface area (Å²) in [5, 5.41) is 7.13. The molecule has 0 aliphatic heterocycles. The van der Waals surface area contributed by atoms with Crippen LogP contribution in [-0.2, 0) is 11.3 Å². The van der Waals surface area contributed by atoms with Crippen LogP contribution in [0.2, 0.25) is 10.0 Å². The van der Waals surface area contributed by atoms with Gasteiger partial charge in [-0.3, -0.25) is 9.79 Å². The number of carbonyl (C=O) groups excluding carboxylic acids is 1. The highest BCUT2D eigenvalue weighted by Gasteiger charge is 2.14. The number of allylic oxidation sites excluding steroid dienone is 1. The van der Waals surface area contributed by atoms with E-state index in [1.807, 2.05) is 19.9 Å². The van der Waals surface area contributed by atoms with Crippen molar-refractivity contribution in [2.24, 2.45) is 10.7 Å². The Morgan fingerprint density at radius 3 is 2.46 bits per heavy atom. The van der Waals surface area contributed by atoms with Gasteiger partial charge in [0.05, 0.1) is 0 Å². The summed E-state index contributed by atoms with van der Waals surface area (Å²) in [6, 6.07) is 5.28. The molecule has 1 aromatic rings. The SMILES string of the molecule is CN=C(C(=O)NC(NCc1ccc(Cl)cc1Cl)=C(C)C)C(C)=CN. The summed E-state index contributed by atoms with van der Waals surface area (Å²) in [7, 11) is 1.55. The van der Waals surface area contributed by atoms with E-state index in [9.17, 15) is 4.79 Å². The Morgan fingerprint density at radius 1 is 1.29 bits per heavy atom. The molecule has 5 nitrogen and oxygen atoms in total. The van der Waals surface area contributed by atoms with E-state index in [0.29, 0.717) is 28.0 Å². The van der Waals surface area contributed by atoms with Crippen LogP contribution < -0.4 is 16.4 Å². The molecule has 0 radical (unpaired) electrons. The van der Waals surface area contributed by atoms with Gasteiger partial charge in [0.1, 0.15) is 11.5 Å². The lowest BCUT2D eigenvalue weighted by atomic mass is 10.2. The number of nitrogens with two attached hydrogens (primary N) is 1. The Morgan fingerprint density at radius 2 is 1.96 bits per heavy atom. The van der Waals surface area contributed by atoms with Gasteiger partial charge in [-0.1, -0.05) is 29.3 Å². The Labute approximate surface area is 152 Å². The second-order valence-electron chi connectivity index (χ2n) is 5.34. The standard InChI is InChI=1S/C17H22Cl2N4O/c1-10(2)16(23-17(24)15(21-4)11(3)8-20)22-9-12-5-6-13(18)7-14(12)19/h5-8,22H,9,20H2,1-4H3,(H,23,24). The Kier molecular flexibility index (Phi) is 7.82. The molecule has 1 amide bonds. The van der Waals surface area contributed by atoms with E-state index in [1.165, 1.54) is 6.20 Å². The first kappa shape index (κ1) is 20.1. The first-order valence-electron chi connectivity index (χ1n) is 7.32. The summed E-state index contributed by atoms with van der Waals surface area (Å²) in [5.41, 5.74) is 8.13. The van der Waals surface area contributed by atoms with Gasteiger partial charge in [-0.2, -0.15) is 0 Å². The smallest absolute Gasteiger partial charge is 0.275 e. The summed E-state index contributed by atoms with van der Waals surface area (Å²) in [6.45, 7) is 5.95. The fraction of sp³-hybridized carbons (Fsp3) is 0.294. The molecule has 0 fully saturated rings. The van der Waals surface area contributed by atoms with Gasteiger partial charge in [-0.05, 0) is 55.8 Å². The number of benzene rings is 1. The predicted octanol–water partition coefficient (Wildman–Crippen LogP) is 3.38. The summed E-state index contributed by atoms with van der Waals surface area (Å²) >= 11 is 12.1. The Hall–Kier alpha value is -1.98. The minimum atomic E-state index is -0.331. The van der Waals surface area contributed by atoms with E-state index in [2.05, 4.69) is 15.6 Å². The summed E-state index contributed by atoms with van der Waals surface area (Å²) in [4.78, 5) is 16.3. The molecule has 7 heteroatoms. The molecule has 0 bridgehead atoms. The van der Waals surface area contributed by atoms with Crippen molar-refractivity contribution in [1.82, 2.24) is 10.6 Å². The van der Waals surface area contributed by atoms with E-state index >= 15 is 0 Å². The second-order valence-corrected chi connectivity index (χ2v) is 6.18. The van der Waals surface area contributed by atoms with Gasteiger partial charge in [0.15, 0.2) is 0 Å². The number of aliphatic imine (C=N–C) groups is 1. The van der Waals surface area contributed by atoms with Crippen LogP contribution in [0.1, 0.15) is 26.3 Å². The minimum Gasteiger partial charge on any atom is -0.404 e. The van der Waals surface area contributed by atoms with Crippen molar-refractivity contribution in [3.8, 4) is 0 Å². The Balaban J connectivity index is 2.86. The maximum Gasteiger partial charge on any atom is 0.275 e. The molecule has 0 spiro atoms. The van der Waals surface area contributed by atoms with E-state index in [1.54, 1.807) is 26.1 Å². The zero-order chi connectivity index (χ0) is 18.3. The molecule has 130 valence electrons. The molecule has 24 heavy (non-hydrogen) atoms. The number of rotatable bonds is 6. The van der Waals surface area contributed by atoms with Gasteiger partial charge in [-0.15, -0.1) is 0 Å². The van der Waals surface area contributed by atoms with Crippen LogP contribution in [0.5, 0.6) is 0 Å². The van der Waals surface area contributed by atoms with Crippen molar-refractivity contribution in [3.63, 3.8) is 0 Å². The molecule has 0 saturated heterocycles. The molecule has 1 aromatic carbocycles. The molecule has 0 aliphatic rings. The molecule has 0 aromatic heterocycles. The highest BCUT2D eigenvalue weighted by atomic mass is 35.5. The normalized spacial score (nSPS) is 11.9. The van der Waals surface area contributed by atoms with Crippen LogP contribution in [0.4, 0.5) is 0 Å². The topological polar surface area (TPSA) is 79.5 Å². The number of nitrogens with one attached hydrogen (secondary N) is 2. The molecule has 0 atom stereocenters. The molecule has 4 N–H and O–H groups in total. The molecule has 1 rings (SSSR count). The average molecular weight is 369 g/mol. The van der Waals surface area contributed by atoms with E-state index in [4.69, 9.17) is 28.9 Å². The van der Waals surface area contributed by atoms with Gasteiger partial charge in [0.25, 0.3) is 5.91 Å². The highest BCUT2D eigenvalue weighted by Crippen LogP contribution is 2.21. The molecular formula is C17H22Cl2N4O. The van der Waals surface area contributed by atoms with Crippen LogP contribution in [0, 0.1) is 0 Å². The van der Waals surface area contributed by atoms with E-state index < -0.39 is 0 Å². The van der Waals surface area contributed by atoms with Crippen molar-refractivity contribution >= 4 is 34.8 Å². The zero-order valence-corrected chi connectivity index (χ0v) is 15.7. The second kappa shape index (κ2) is 9.35. The lowest BCUT2D eigenvalue weighted by Gasteiger charge is -2.16. The third kappa shape index (κ3) is 5.58. The quantitative estimate of drug-likeness (QED) is 0.673. The van der Waals surface area contributed by atoms with E-state index in [-0.39, 0.29) is 11.6 Å². The number of hydrogen-bond acceptors (Lipinski definition) is 4. The lowest BCUT2D eigenvalue weighted by molar-refractivity contribution is -0.114. The van der Waals surface area contributed by atoms with Crippen LogP contribution in [0.3, 0.4) is 0 Å². The molecule has 0 unspecified atom stereocenters. The van der Waals surface area contributed by atoms with Crippen molar-refractivity contribution in [3.05, 3.63) is 57.0 Å². The van der Waals surface area contributed by atoms with Gasteiger partial charge < -0.3 is 16.4 Å². The molecule has 0 aliphatic carbocycles. The van der Waals surface area contributed by atoms with Crippen molar-refractivity contribution in [2.45, 2.75) is 27.3 Å². The van der Waals surface area contributed by atoms with Crippen molar-refractivity contribution in [2.75, 3.05) is 7.05 Å². The largest absolute Gasteiger partial charge is 0.404 e. The average Bonchev–Trinajstić information content (AvgIpc) is 2.52. The van der Waals surface area contributed by atoms with Crippen LogP contribution in [-0.4, -0.2) is 18.7 Å². The maximum absolute atomic E-state index is 12.4. The van der Waals surface area contributed by atoms with Crippen LogP contribution in [0.25, 0.3) is 0 Å². The monoisotopic (exact) mass is 368 g/mol. The van der Waals surface area contributed by atoms with Gasteiger partial charge in [-0.25, -0.2) is 0 Å². The summed E-state index contributed by atoms with van der Waals surface area (Å²) in [6.07, 6.45) is 1.35. The van der Waals surface area contributed by atoms with Crippen LogP contribution in [0.15, 0.2) is 46.4 Å². The van der Waals surface area contributed by atoms with Gasteiger partial charge >= 0.3 is 0 Å². The number of amides is 1. The highest BCUT2D eigenvalue weighted by molar-refractivity contribution is 6.45. The zero-order valence-electron chi connectivity index (χ0n) is 14.2. The van der Waals surface area contributed by atoms with Crippen molar-refractivity contribution in [1.29, 1.82) is 0 Å². The third-order valence-corrected chi connectivity index (χ3v) is 3.86. The maximum atomic E-state index is 12.4. The van der Waals surface area contributed by atoms with Gasteiger partial charge in [0, 0.05) is 23.6 Å². The molecule has 0 heterocycles. The van der Waals surface area contributed by atoms with Crippen molar-refractivity contribution < 1.29 is 4.79 Å². The fourth-order valence-corrected chi connectivity index (χ4v) is 2.38. The number of carbonyl (C=O) groups is 1. The fourth-order valence-electron chi connectivity index (χ4n) is 1.90. The number of hydrogen-bond donors (Lipinski definition) is 3.